The molecule has 4 nitrogen and oxygen atoms in total. The van der Waals surface area contributed by atoms with Gasteiger partial charge in [0.1, 0.15) is 0 Å². The van der Waals surface area contributed by atoms with E-state index in [1.807, 2.05) is 22.7 Å². The molecular weight excluding hydrogens is 188 g/mol. The quantitative estimate of drug-likeness (QED) is 0.822. The van der Waals surface area contributed by atoms with Crippen LogP contribution in [0.2, 0.25) is 0 Å². The third kappa shape index (κ3) is 1.99. The van der Waals surface area contributed by atoms with Crippen LogP contribution in [0.4, 0.5) is 0 Å². The third-order valence-corrected chi connectivity index (χ3v) is 2.28. The highest BCUT2D eigenvalue weighted by molar-refractivity contribution is 5.38. The fourth-order valence-electron chi connectivity index (χ4n) is 1.61. The number of aromatic nitrogens is 3. The molecule has 0 radical (unpaired) electrons. The monoisotopic (exact) mass is 204 g/mol. The molecule has 0 aliphatic rings. The van der Waals surface area contributed by atoms with Gasteiger partial charge in [-0.25, -0.2) is 9.50 Å². The molecule has 0 saturated heterocycles. The molecule has 4 heteroatoms. The van der Waals surface area contributed by atoms with Gasteiger partial charge >= 0.3 is 0 Å². The van der Waals surface area contributed by atoms with Gasteiger partial charge in [0.05, 0.1) is 5.69 Å². The molecule has 2 heterocycles. The van der Waals surface area contributed by atoms with E-state index < -0.39 is 0 Å². The molecule has 0 bridgehead atoms. The number of hydrogen-bond acceptors (Lipinski definition) is 3. The Morgan fingerprint density at radius 2 is 2.20 bits per heavy atom. The summed E-state index contributed by atoms with van der Waals surface area (Å²) in [5.74, 6) is 1.47. The molecule has 0 spiro atoms. The summed E-state index contributed by atoms with van der Waals surface area (Å²) >= 11 is 0. The third-order valence-electron chi connectivity index (χ3n) is 2.28. The number of nitrogens with zero attached hydrogens (tertiary/aromatic N) is 3. The van der Waals surface area contributed by atoms with Gasteiger partial charge in [-0.15, -0.1) is 0 Å². The Bertz CT molecular complexity index is 459. The van der Waals surface area contributed by atoms with E-state index in [0.717, 1.165) is 23.6 Å². The van der Waals surface area contributed by atoms with Gasteiger partial charge in [-0.05, 0) is 18.1 Å². The molecule has 80 valence electrons. The summed E-state index contributed by atoms with van der Waals surface area (Å²) in [6.07, 6.45) is 0.908. The van der Waals surface area contributed by atoms with Gasteiger partial charge in [0, 0.05) is 13.0 Å². The van der Waals surface area contributed by atoms with Crippen LogP contribution in [0, 0.1) is 5.92 Å². The average molecular weight is 204 g/mol. The van der Waals surface area contributed by atoms with Crippen molar-refractivity contribution < 1.29 is 0 Å². The summed E-state index contributed by atoms with van der Waals surface area (Å²) in [5, 5.41) is 4.45. The predicted molar refractivity (Wildman–Crippen MR) is 59.4 cm³/mol. The van der Waals surface area contributed by atoms with Crippen molar-refractivity contribution in [3.05, 3.63) is 29.7 Å². The second-order valence-electron chi connectivity index (χ2n) is 4.12. The lowest BCUT2D eigenvalue weighted by atomic mass is 10.1. The molecule has 0 aromatic carbocycles. The second kappa shape index (κ2) is 3.98. The van der Waals surface area contributed by atoms with Crippen LogP contribution in [0.5, 0.6) is 0 Å². The predicted octanol–water partition coefficient (Wildman–Crippen LogP) is 1.39. The van der Waals surface area contributed by atoms with Crippen molar-refractivity contribution in [1.29, 1.82) is 0 Å². The van der Waals surface area contributed by atoms with Crippen molar-refractivity contribution in [3.8, 4) is 0 Å². The van der Waals surface area contributed by atoms with E-state index in [2.05, 4.69) is 23.9 Å². The van der Waals surface area contributed by atoms with Gasteiger partial charge in [0.15, 0.2) is 11.5 Å². The van der Waals surface area contributed by atoms with Gasteiger partial charge in [-0.1, -0.05) is 19.9 Å². The topological polar surface area (TPSA) is 56.2 Å². The highest BCUT2D eigenvalue weighted by Crippen LogP contribution is 2.08. The lowest BCUT2D eigenvalue weighted by Gasteiger charge is -1.99. The van der Waals surface area contributed by atoms with Crippen LogP contribution < -0.4 is 5.73 Å². The van der Waals surface area contributed by atoms with Crippen molar-refractivity contribution in [2.75, 3.05) is 0 Å². The Morgan fingerprint density at radius 3 is 2.87 bits per heavy atom. The maximum absolute atomic E-state index is 5.64. The Balaban J connectivity index is 2.45. The SMILES string of the molecule is CC(C)Cc1nc2cccc(CN)n2n1. The minimum Gasteiger partial charge on any atom is -0.325 e. The van der Waals surface area contributed by atoms with E-state index in [0.29, 0.717) is 12.5 Å². The summed E-state index contributed by atoms with van der Waals surface area (Å²) in [5.41, 5.74) is 7.52. The number of fused-ring (bicyclic) bond motifs is 1. The molecule has 2 aromatic rings. The normalized spacial score (nSPS) is 11.5. The van der Waals surface area contributed by atoms with E-state index in [-0.39, 0.29) is 0 Å². The molecule has 0 unspecified atom stereocenters. The van der Waals surface area contributed by atoms with E-state index in [9.17, 15) is 0 Å². The molecule has 0 amide bonds. The molecule has 2 rings (SSSR count). The van der Waals surface area contributed by atoms with Gasteiger partial charge in [0.25, 0.3) is 0 Å². The van der Waals surface area contributed by atoms with Crippen LogP contribution in [0.1, 0.15) is 25.4 Å². The Hall–Kier alpha value is -1.42. The minimum atomic E-state index is 0.488. The largest absolute Gasteiger partial charge is 0.325 e. The lowest BCUT2D eigenvalue weighted by molar-refractivity contribution is 0.618. The van der Waals surface area contributed by atoms with Crippen LogP contribution in [0.15, 0.2) is 18.2 Å². The van der Waals surface area contributed by atoms with Gasteiger partial charge < -0.3 is 5.73 Å². The summed E-state index contributed by atoms with van der Waals surface area (Å²) in [7, 11) is 0. The molecule has 0 atom stereocenters. The van der Waals surface area contributed by atoms with Gasteiger partial charge in [-0.2, -0.15) is 5.10 Å². The number of hydrogen-bond donors (Lipinski definition) is 1. The Labute approximate surface area is 89.1 Å². The van der Waals surface area contributed by atoms with E-state index >= 15 is 0 Å². The zero-order chi connectivity index (χ0) is 10.8. The van der Waals surface area contributed by atoms with Crippen molar-refractivity contribution in [2.45, 2.75) is 26.8 Å². The van der Waals surface area contributed by atoms with Crippen molar-refractivity contribution in [2.24, 2.45) is 11.7 Å². The van der Waals surface area contributed by atoms with Crippen LogP contribution in [0.25, 0.3) is 5.65 Å². The summed E-state index contributed by atoms with van der Waals surface area (Å²) in [6, 6.07) is 5.89. The molecule has 0 saturated carbocycles. The smallest absolute Gasteiger partial charge is 0.155 e. The first kappa shape index (κ1) is 10.1. The van der Waals surface area contributed by atoms with E-state index in [1.165, 1.54) is 0 Å². The summed E-state index contributed by atoms with van der Waals surface area (Å²) in [4.78, 5) is 4.46. The maximum Gasteiger partial charge on any atom is 0.155 e. The molecule has 15 heavy (non-hydrogen) atoms. The average Bonchev–Trinajstić information content (AvgIpc) is 2.58. The summed E-state index contributed by atoms with van der Waals surface area (Å²) in [6.45, 7) is 4.81. The van der Waals surface area contributed by atoms with Gasteiger partial charge in [0.2, 0.25) is 0 Å². The molecule has 2 aromatic heterocycles. The van der Waals surface area contributed by atoms with E-state index in [4.69, 9.17) is 5.73 Å². The van der Waals surface area contributed by atoms with E-state index in [1.54, 1.807) is 0 Å². The first-order valence-electron chi connectivity index (χ1n) is 5.24. The fourth-order valence-corrected chi connectivity index (χ4v) is 1.61. The molecule has 0 fully saturated rings. The van der Waals surface area contributed by atoms with Crippen LogP contribution >= 0.6 is 0 Å². The van der Waals surface area contributed by atoms with Crippen molar-refractivity contribution in [1.82, 2.24) is 14.6 Å². The maximum atomic E-state index is 5.64. The standard InChI is InChI=1S/C11H16N4/c1-8(2)6-10-13-11-5-3-4-9(7-12)15(11)14-10/h3-5,8H,6-7,12H2,1-2H3. The first-order chi connectivity index (χ1) is 7.20. The second-order valence-corrected chi connectivity index (χ2v) is 4.12. The molecule has 0 aliphatic heterocycles. The zero-order valence-corrected chi connectivity index (χ0v) is 9.14. The minimum absolute atomic E-state index is 0.488. The van der Waals surface area contributed by atoms with Crippen molar-refractivity contribution in [3.63, 3.8) is 0 Å². The van der Waals surface area contributed by atoms with Crippen molar-refractivity contribution >= 4 is 5.65 Å². The van der Waals surface area contributed by atoms with Crippen LogP contribution in [-0.4, -0.2) is 14.6 Å². The van der Waals surface area contributed by atoms with Crippen LogP contribution in [0.3, 0.4) is 0 Å². The Morgan fingerprint density at radius 1 is 1.40 bits per heavy atom. The van der Waals surface area contributed by atoms with Gasteiger partial charge in [-0.3, -0.25) is 0 Å². The molecular formula is C11H16N4. The number of pyridine rings is 1. The summed E-state index contributed by atoms with van der Waals surface area (Å²) < 4.78 is 1.83. The fraction of sp³-hybridized carbons (Fsp3) is 0.455. The lowest BCUT2D eigenvalue weighted by Crippen LogP contribution is -2.05. The molecule has 0 aliphatic carbocycles. The Kier molecular flexibility index (Phi) is 2.68. The molecule has 2 N–H and O–H groups in total. The zero-order valence-electron chi connectivity index (χ0n) is 9.14. The first-order valence-corrected chi connectivity index (χ1v) is 5.24. The highest BCUT2D eigenvalue weighted by atomic mass is 15.3. The highest BCUT2D eigenvalue weighted by Gasteiger charge is 2.07. The number of nitrogens with two attached hydrogens (primary N) is 1. The van der Waals surface area contributed by atoms with Crippen LogP contribution in [-0.2, 0) is 13.0 Å². The number of rotatable bonds is 3.